The summed E-state index contributed by atoms with van der Waals surface area (Å²) in [4.78, 5) is 28.8. The molecule has 2 amide bonds. The first kappa shape index (κ1) is 33.7. The Hall–Kier alpha value is -3.76. The Morgan fingerprint density at radius 1 is 0.930 bits per heavy atom. The topological polar surface area (TPSA) is 105 Å². The molecule has 0 aliphatic heterocycles. The summed E-state index contributed by atoms with van der Waals surface area (Å²) in [6.07, 6.45) is 2.59. The number of methoxy groups -OCH3 is 2. The number of nitrogens with zero attached hydrogens (tertiary/aromatic N) is 2. The average Bonchev–Trinajstić information content (AvgIpc) is 3.02. The summed E-state index contributed by atoms with van der Waals surface area (Å²) < 4.78 is 39.9. The molecule has 232 valence electrons. The first-order chi connectivity index (χ1) is 20.7. The fraction of sp³-hybridized carbons (Fsp3) is 0.375. The molecule has 3 rings (SSSR count). The molecule has 1 N–H and O–H groups in total. The Labute approximate surface area is 259 Å². The highest BCUT2D eigenvalue weighted by Gasteiger charge is 2.33. The Morgan fingerprint density at radius 3 is 2.21 bits per heavy atom. The predicted octanol–water partition coefficient (Wildman–Crippen LogP) is 5.32. The van der Waals surface area contributed by atoms with Gasteiger partial charge in [0.1, 0.15) is 12.6 Å². The molecule has 0 saturated carbocycles. The standard InChI is InChI=1S/C32H40ClN3O6S/c1-5-7-20-34-32(38)28(6-2)35(21-19-24-11-9-8-10-12-24)31(37)23-36(26-15-13-25(33)14-16-26)43(39,40)27-17-18-29(41-3)30(22-27)42-4/h8-18,22,28H,5-7,19-21,23H2,1-4H3,(H,34,38). The largest absolute Gasteiger partial charge is 0.493 e. The van der Waals surface area contributed by atoms with Crippen molar-refractivity contribution in [3.05, 3.63) is 83.4 Å². The number of amides is 2. The third kappa shape index (κ3) is 8.87. The van der Waals surface area contributed by atoms with Crippen LogP contribution in [0.15, 0.2) is 77.7 Å². The highest BCUT2D eigenvalue weighted by Crippen LogP contribution is 2.32. The zero-order chi connectivity index (χ0) is 31.4. The van der Waals surface area contributed by atoms with E-state index in [4.69, 9.17) is 21.1 Å². The summed E-state index contributed by atoms with van der Waals surface area (Å²) >= 11 is 6.11. The molecular weight excluding hydrogens is 590 g/mol. The van der Waals surface area contributed by atoms with Crippen LogP contribution in [0.1, 0.15) is 38.7 Å². The number of hydrogen-bond donors (Lipinski definition) is 1. The molecule has 0 aliphatic rings. The number of carbonyl (C=O) groups is 2. The number of anilines is 1. The second-order valence-electron chi connectivity index (χ2n) is 9.90. The lowest BCUT2D eigenvalue weighted by molar-refractivity contribution is -0.139. The Morgan fingerprint density at radius 2 is 1.60 bits per heavy atom. The van der Waals surface area contributed by atoms with Gasteiger partial charge in [0.2, 0.25) is 11.8 Å². The van der Waals surface area contributed by atoms with Gasteiger partial charge in [0, 0.05) is 24.2 Å². The molecule has 0 bridgehead atoms. The minimum absolute atomic E-state index is 0.0897. The van der Waals surface area contributed by atoms with E-state index in [0.717, 1.165) is 22.7 Å². The normalized spacial score (nSPS) is 11.8. The van der Waals surface area contributed by atoms with Gasteiger partial charge in [-0.15, -0.1) is 0 Å². The zero-order valence-electron chi connectivity index (χ0n) is 25.1. The molecule has 0 aromatic heterocycles. The second-order valence-corrected chi connectivity index (χ2v) is 12.2. The van der Waals surface area contributed by atoms with Crippen molar-refractivity contribution in [1.82, 2.24) is 10.2 Å². The summed E-state index contributed by atoms with van der Waals surface area (Å²) in [6.45, 7) is 4.06. The zero-order valence-corrected chi connectivity index (χ0v) is 26.7. The van der Waals surface area contributed by atoms with E-state index in [1.54, 1.807) is 12.1 Å². The molecule has 43 heavy (non-hydrogen) atoms. The van der Waals surface area contributed by atoms with Gasteiger partial charge in [-0.3, -0.25) is 13.9 Å². The fourth-order valence-electron chi connectivity index (χ4n) is 4.64. The minimum atomic E-state index is -4.28. The van der Waals surface area contributed by atoms with Gasteiger partial charge in [0.15, 0.2) is 11.5 Å². The van der Waals surface area contributed by atoms with E-state index < -0.39 is 28.5 Å². The number of nitrogens with one attached hydrogen (secondary N) is 1. The van der Waals surface area contributed by atoms with Crippen molar-refractivity contribution >= 4 is 39.1 Å². The van der Waals surface area contributed by atoms with E-state index in [1.165, 1.54) is 49.5 Å². The van der Waals surface area contributed by atoms with Crippen LogP contribution in [0.25, 0.3) is 0 Å². The quantitative estimate of drug-likeness (QED) is 0.215. The summed E-state index contributed by atoms with van der Waals surface area (Å²) in [7, 11) is -1.42. The van der Waals surface area contributed by atoms with E-state index in [2.05, 4.69) is 5.32 Å². The van der Waals surface area contributed by atoms with Crippen molar-refractivity contribution in [3.8, 4) is 11.5 Å². The van der Waals surface area contributed by atoms with Crippen LogP contribution in [0.3, 0.4) is 0 Å². The summed E-state index contributed by atoms with van der Waals surface area (Å²) in [6, 6.07) is 19.3. The number of carbonyl (C=O) groups excluding carboxylic acids is 2. The maximum atomic E-state index is 14.1. The third-order valence-electron chi connectivity index (χ3n) is 7.04. The molecule has 0 aliphatic carbocycles. The maximum absolute atomic E-state index is 14.1. The molecule has 0 heterocycles. The molecule has 3 aromatic carbocycles. The van der Waals surface area contributed by atoms with Crippen molar-refractivity contribution in [2.45, 2.75) is 50.5 Å². The minimum Gasteiger partial charge on any atom is -0.493 e. The monoisotopic (exact) mass is 629 g/mol. The van der Waals surface area contributed by atoms with E-state index in [0.29, 0.717) is 30.2 Å². The molecule has 11 heteroatoms. The number of hydrogen-bond acceptors (Lipinski definition) is 6. The SMILES string of the molecule is CCCCNC(=O)C(CC)N(CCc1ccccc1)C(=O)CN(c1ccc(Cl)cc1)S(=O)(=O)c1ccc(OC)c(OC)c1. The van der Waals surface area contributed by atoms with Crippen LogP contribution >= 0.6 is 11.6 Å². The highest BCUT2D eigenvalue weighted by atomic mass is 35.5. The Kier molecular flexibility index (Phi) is 12.7. The van der Waals surface area contributed by atoms with Crippen molar-refractivity contribution in [3.63, 3.8) is 0 Å². The van der Waals surface area contributed by atoms with Crippen LogP contribution in [-0.2, 0) is 26.0 Å². The average molecular weight is 630 g/mol. The number of rotatable bonds is 16. The van der Waals surface area contributed by atoms with Gasteiger partial charge < -0.3 is 19.7 Å². The molecule has 9 nitrogen and oxygen atoms in total. The molecular formula is C32H40ClN3O6S. The van der Waals surface area contributed by atoms with Crippen LogP contribution in [0, 0.1) is 0 Å². The first-order valence-electron chi connectivity index (χ1n) is 14.3. The van der Waals surface area contributed by atoms with Crippen LogP contribution in [0.2, 0.25) is 5.02 Å². The van der Waals surface area contributed by atoms with Crippen molar-refractivity contribution in [2.75, 3.05) is 38.2 Å². The molecule has 0 radical (unpaired) electrons. The molecule has 0 saturated heterocycles. The van der Waals surface area contributed by atoms with E-state index in [-0.39, 0.29) is 28.8 Å². The molecule has 0 fully saturated rings. The lowest BCUT2D eigenvalue weighted by atomic mass is 10.1. The highest BCUT2D eigenvalue weighted by molar-refractivity contribution is 7.92. The molecule has 3 aromatic rings. The Bertz CT molecular complexity index is 1450. The van der Waals surface area contributed by atoms with Crippen molar-refractivity contribution in [2.24, 2.45) is 0 Å². The smallest absolute Gasteiger partial charge is 0.264 e. The first-order valence-corrected chi connectivity index (χ1v) is 16.1. The second kappa shape index (κ2) is 16.2. The van der Waals surface area contributed by atoms with Crippen LogP contribution in [0.5, 0.6) is 11.5 Å². The maximum Gasteiger partial charge on any atom is 0.264 e. The molecule has 1 atom stereocenters. The van der Waals surface area contributed by atoms with Gasteiger partial charge in [0.25, 0.3) is 10.0 Å². The number of benzene rings is 3. The van der Waals surface area contributed by atoms with Crippen LogP contribution in [-0.4, -0.2) is 65.0 Å². The summed E-state index contributed by atoms with van der Waals surface area (Å²) in [5.74, 6) is -0.182. The number of unbranched alkanes of at least 4 members (excludes halogenated alkanes) is 1. The summed E-state index contributed by atoms with van der Waals surface area (Å²) in [5, 5.41) is 3.35. The van der Waals surface area contributed by atoms with Gasteiger partial charge in [0.05, 0.1) is 24.8 Å². The predicted molar refractivity (Wildman–Crippen MR) is 169 cm³/mol. The fourth-order valence-corrected chi connectivity index (χ4v) is 6.20. The lowest BCUT2D eigenvalue weighted by Gasteiger charge is -2.33. The van der Waals surface area contributed by atoms with E-state index in [1.807, 2.05) is 44.2 Å². The number of ether oxygens (including phenoxy) is 2. The summed E-state index contributed by atoms with van der Waals surface area (Å²) in [5.41, 5.74) is 1.24. The number of sulfonamides is 1. The van der Waals surface area contributed by atoms with Gasteiger partial charge >= 0.3 is 0 Å². The van der Waals surface area contributed by atoms with Crippen molar-refractivity contribution in [1.29, 1.82) is 0 Å². The third-order valence-corrected chi connectivity index (χ3v) is 9.06. The molecule has 1 unspecified atom stereocenters. The van der Waals surface area contributed by atoms with Gasteiger partial charge in [-0.2, -0.15) is 0 Å². The van der Waals surface area contributed by atoms with E-state index in [9.17, 15) is 18.0 Å². The van der Waals surface area contributed by atoms with Gasteiger partial charge in [-0.25, -0.2) is 8.42 Å². The van der Waals surface area contributed by atoms with Crippen LogP contribution < -0.4 is 19.1 Å². The number of halogens is 1. The Balaban J connectivity index is 2.02. The van der Waals surface area contributed by atoms with E-state index >= 15 is 0 Å². The van der Waals surface area contributed by atoms with Gasteiger partial charge in [-0.05, 0) is 61.2 Å². The van der Waals surface area contributed by atoms with Gasteiger partial charge in [-0.1, -0.05) is 62.2 Å². The van der Waals surface area contributed by atoms with Crippen LogP contribution in [0.4, 0.5) is 5.69 Å². The lowest BCUT2D eigenvalue weighted by Crippen LogP contribution is -2.53. The molecule has 0 spiro atoms. The van der Waals surface area contributed by atoms with Crippen molar-refractivity contribution < 1.29 is 27.5 Å².